The first-order valence-electron chi connectivity index (χ1n) is 7.27. The summed E-state index contributed by atoms with van der Waals surface area (Å²) in [5, 5.41) is 2.84. The van der Waals surface area contributed by atoms with Gasteiger partial charge < -0.3 is 10.1 Å². The van der Waals surface area contributed by atoms with E-state index in [0.29, 0.717) is 6.54 Å². The SMILES string of the molecule is CCCN(CC(=O)Nc1ccc(CC)cc1)CC(=O)OC. The number of esters is 1. The monoisotopic (exact) mass is 292 g/mol. The zero-order valence-corrected chi connectivity index (χ0v) is 13.0. The molecule has 0 saturated heterocycles. The van der Waals surface area contributed by atoms with E-state index in [1.54, 1.807) is 4.90 Å². The molecule has 1 rings (SSSR count). The van der Waals surface area contributed by atoms with Crippen molar-refractivity contribution in [3.05, 3.63) is 29.8 Å². The van der Waals surface area contributed by atoms with E-state index >= 15 is 0 Å². The molecule has 5 nitrogen and oxygen atoms in total. The van der Waals surface area contributed by atoms with Crippen LogP contribution in [0.25, 0.3) is 0 Å². The molecule has 0 heterocycles. The Bertz CT molecular complexity index is 457. The predicted octanol–water partition coefficient (Wildman–Crippen LogP) is 2.07. The largest absolute Gasteiger partial charge is 0.468 e. The number of benzene rings is 1. The van der Waals surface area contributed by atoms with Crippen molar-refractivity contribution < 1.29 is 14.3 Å². The Balaban J connectivity index is 2.53. The Morgan fingerprint density at radius 3 is 2.33 bits per heavy atom. The van der Waals surface area contributed by atoms with Gasteiger partial charge in [0.15, 0.2) is 0 Å². The molecular formula is C16H24N2O3. The van der Waals surface area contributed by atoms with E-state index in [1.807, 2.05) is 31.2 Å². The average Bonchev–Trinajstić information content (AvgIpc) is 2.48. The van der Waals surface area contributed by atoms with Gasteiger partial charge in [0, 0.05) is 5.69 Å². The Kier molecular flexibility index (Phi) is 7.46. The topological polar surface area (TPSA) is 58.6 Å². The molecule has 0 aliphatic carbocycles. The van der Waals surface area contributed by atoms with Crippen LogP contribution in [-0.4, -0.2) is 43.5 Å². The standard InChI is InChI=1S/C16H24N2O3/c1-4-10-18(12-16(20)21-3)11-15(19)17-14-8-6-13(5-2)7-9-14/h6-9H,4-5,10-12H2,1-3H3,(H,17,19). The highest BCUT2D eigenvalue weighted by atomic mass is 16.5. The van der Waals surface area contributed by atoms with Crippen LogP contribution in [0.4, 0.5) is 5.69 Å². The molecule has 0 saturated carbocycles. The summed E-state index contributed by atoms with van der Waals surface area (Å²) < 4.78 is 4.64. The van der Waals surface area contributed by atoms with Gasteiger partial charge in [0.1, 0.15) is 0 Å². The van der Waals surface area contributed by atoms with Crippen LogP contribution in [0.1, 0.15) is 25.8 Å². The first-order chi connectivity index (χ1) is 10.1. The summed E-state index contributed by atoms with van der Waals surface area (Å²) in [6.07, 6.45) is 1.84. The van der Waals surface area contributed by atoms with E-state index in [2.05, 4.69) is 17.0 Å². The maximum absolute atomic E-state index is 12.0. The number of hydrogen-bond donors (Lipinski definition) is 1. The van der Waals surface area contributed by atoms with Crippen molar-refractivity contribution in [1.29, 1.82) is 0 Å². The van der Waals surface area contributed by atoms with Gasteiger partial charge in [-0.25, -0.2) is 0 Å². The maximum Gasteiger partial charge on any atom is 0.319 e. The van der Waals surface area contributed by atoms with E-state index < -0.39 is 0 Å². The van der Waals surface area contributed by atoms with Crippen molar-refractivity contribution in [2.24, 2.45) is 0 Å². The number of ether oxygens (including phenoxy) is 1. The van der Waals surface area contributed by atoms with Crippen molar-refractivity contribution in [2.45, 2.75) is 26.7 Å². The van der Waals surface area contributed by atoms with E-state index in [9.17, 15) is 9.59 Å². The Hall–Kier alpha value is -1.88. The number of carbonyl (C=O) groups is 2. The number of hydrogen-bond acceptors (Lipinski definition) is 4. The fraction of sp³-hybridized carbons (Fsp3) is 0.500. The number of rotatable bonds is 8. The smallest absolute Gasteiger partial charge is 0.319 e. The molecule has 0 atom stereocenters. The molecule has 0 aliphatic heterocycles. The second-order valence-corrected chi connectivity index (χ2v) is 4.89. The number of nitrogens with one attached hydrogen (secondary N) is 1. The van der Waals surface area contributed by atoms with Crippen LogP contribution < -0.4 is 5.32 Å². The fourth-order valence-electron chi connectivity index (χ4n) is 2.00. The van der Waals surface area contributed by atoms with Gasteiger partial charge in [-0.2, -0.15) is 0 Å². The van der Waals surface area contributed by atoms with Crippen molar-refractivity contribution in [3.63, 3.8) is 0 Å². The van der Waals surface area contributed by atoms with Crippen molar-refractivity contribution in [1.82, 2.24) is 4.90 Å². The van der Waals surface area contributed by atoms with Gasteiger partial charge in [-0.3, -0.25) is 14.5 Å². The third-order valence-electron chi connectivity index (χ3n) is 3.13. The molecule has 1 amide bonds. The van der Waals surface area contributed by atoms with Crippen molar-refractivity contribution in [3.8, 4) is 0 Å². The Labute approximate surface area is 126 Å². The minimum absolute atomic E-state index is 0.128. The quantitative estimate of drug-likeness (QED) is 0.745. The summed E-state index contributed by atoms with van der Waals surface area (Å²) in [5.74, 6) is -0.458. The summed E-state index contributed by atoms with van der Waals surface area (Å²) >= 11 is 0. The van der Waals surface area contributed by atoms with Gasteiger partial charge in [-0.05, 0) is 37.1 Å². The summed E-state index contributed by atoms with van der Waals surface area (Å²) in [5.41, 5.74) is 2.00. The number of amides is 1. The van der Waals surface area contributed by atoms with Crippen molar-refractivity contribution in [2.75, 3.05) is 32.1 Å². The number of carbonyl (C=O) groups excluding carboxylic acids is 2. The van der Waals surface area contributed by atoms with Crippen LogP contribution >= 0.6 is 0 Å². The van der Waals surface area contributed by atoms with E-state index in [0.717, 1.165) is 18.5 Å². The predicted molar refractivity (Wildman–Crippen MR) is 83.2 cm³/mol. The van der Waals surface area contributed by atoms with Crippen LogP contribution in [0, 0.1) is 0 Å². The highest BCUT2D eigenvalue weighted by Crippen LogP contribution is 2.10. The second kappa shape index (κ2) is 9.13. The molecule has 0 spiro atoms. The van der Waals surface area contributed by atoms with Gasteiger partial charge in [-0.15, -0.1) is 0 Å². The lowest BCUT2D eigenvalue weighted by Gasteiger charge is -2.19. The van der Waals surface area contributed by atoms with Crippen LogP contribution in [0.5, 0.6) is 0 Å². The first-order valence-corrected chi connectivity index (χ1v) is 7.27. The molecule has 0 aliphatic rings. The molecule has 1 N–H and O–H groups in total. The number of nitrogens with zero attached hydrogens (tertiary/aromatic N) is 1. The van der Waals surface area contributed by atoms with Crippen molar-refractivity contribution >= 4 is 17.6 Å². The molecule has 0 radical (unpaired) electrons. The highest BCUT2D eigenvalue weighted by Gasteiger charge is 2.14. The van der Waals surface area contributed by atoms with E-state index in [-0.39, 0.29) is 25.0 Å². The van der Waals surface area contributed by atoms with Crippen LogP contribution in [0.2, 0.25) is 0 Å². The number of aryl methyl sites for hydroxylation is 1. The minimum atomic E-state index is -0.330. The Morgan fingerprint density at radius 2 is 1.81 bits per heavy atom. The lowest BCUT2D eigenvalue weighted by atomic mass is 10.1. The molecule has 21 heavy (non-hydrogen) atoms. The lowest BCUT2D eigenvalue weighted by Crippen LogP contribution is -2.37. The zero-order chi connectivity index (χ0) is 15.7. The number of methoxy groups -OCH3 is 1. The highest BCUT2D eigenvalue weighted by molar-refractivity contribution is 5.92. The molecule has 0 bridgehead atoms. The maximum atomic E-state index is 12.0. The van der Waals surface area contributed by atoms with Gasteiger partial charge in [0.05, 0.1) is 20.2 Å². The van der Waals surface area contributed by atoms with Gasteiger partial charge in [-0.1, -0.05) is 26.0 Å². The molecule has 0 unspecified atom stereocenters. The van der Waals surface area contributed by atoms with Crippen LogP contribution in [-0.2, 0) is 20.7 Å². The third kappa shape index (κ3) is 6.40. The van der Waals surface area contributed by atoms with Gasteiger partial charge in [0.25, 0.3) is 0 Å². The van der Waals surface area contributed by atoms with E-state index in [4.69, 9.17) is 0 Å². The van der Waals surface area contributed by atoms with E-state index in [1.165, 1.54) is 12.7 Å². The molecule has 1 aromatic rings. The molecule has 0 fully saturated rings. The molecule has 116 valence electrons. The molecular weight excluding hydrogens is 268 g/mol. The Morgan fingerprint density at radius 1 is 1.14 bits per heavy atom. The lowest BCUT2D eigenvalue weighted by molar-refractivity contribution is -0.142. The van der Waals surface area contributed by atoms with Crippen LogP contribution in [0.3, 0.4) is 0 Å². The fourth-order valence-corrected chi connectivity index (χ4v) is 2.00. The van der Waals surface area contributed by atoms with Gasteiger partial charge >= 0.3 is 5.97 Å². The molecule has 5 heteroatoms. The zero-order valence-electron chi connectivity index (χ0n) is 13.0. The average molecular weight is 292 g/mol. The normalized spacial score (nSPS) is 10.5. The third-order valence-corrected chi connectivity index (χ3v) is 3.13. The van der Waals surface area contributed by atoms with Crippen LogP contribution in [0.15, 0.2) is 24.3 Å². The summed E-state index contributed by atoms with van der Waals surface area (Å²) in [4.78, 5) is 25.1. The van der Waals surface area contributed by atoms with Gasteiger partial charge in [0.2, 0.25) is 5.91 Å². The summed E-state index contributed by atoms with van der Waals surface area (Å²) in [7, 11) is 1.35. The number of anilines is 1. The summed E-state index contributed by atoms with van der Waals surface area (Å²) in [6.45, 7) is 5.08. The summed E-state index contributed by atoms with van der Waals surface area (Å²) in [6, 6.07) is 7.77. The second-order valence-electron chi connectivity index (χ2n) is 4.89. The first kappa shape index (κ1) is 17.2. The molecule has 0 aromatic heterocycles. The minimum Gasteiger partial charge on any atom is -0.468 e. The molecule has 1 aromatic carbocycles.